The summed E-state index contributed by atoms with van der Waals surface area (Å²) >= 11 is 0. The second kappa shape index (κ2) is 13.9. The molecule has 0 bridgehead atoms. The number of ether oxygens (including phenoxy) is 3. The Morgan fingerprint density at radius 2 is 1.79 bits per heavy atom. The predicted molar refractivity (Wildman–Crippen MR) is 127 cm³/mol. The highest BCUT2D eigenvalue weighted by Gasteiger charge is 2.05. The Balaban J connectivity index is 0.00000420. The van der Waals surface area contributed by atoms with E-state index < -0.39 is 0 Å². The van der Waals surface area contributed by atoms with Crippen LogP contribution in [0.15, 0.2) is 41.5 Å². The topological polar surface area (TPSA) is 77.0 Å². The molecule has 7 nitrogen and oxygen atoms in total. The van der Waals surface area contributed by atoms with Crippen molar-refractivity contribution in [2.45, 2.75) is 26.8 Å². The number of hydrogen-bond donors (Lipinski definition) is 2. The molecule has 2 N–H and O–H groups in total. The molecule has 0 saturated carbocycles. The van der Waals surface area contributed by atoms with Gasteiger partial charge < -0.3 is 24.8 Å². The molecule has 0 fully saturated rings. The van der Waals surface area contributed by atoms with Gasteiger partial charge in [0, 0.05) is 25.4 Å². The van der Waals surface area contributed by atoms with Crippen LogP contribution in [0.5, 0.6) is 17.4 Å². The number of hydrogen-bond acceptors (Lipinski definition) is 5. The average Bonchev–Trinajstić information content (AvgIpc) is 2.72. The van der Waals surface area contributed by atoms with Crippen LogP contribution in [0.1, 0.15) is 25.0 Å². The first-order valence-electron chi connectivity index (χ1n) is 9.51. The fourth-order valence-corrected chi connectivity index (χ4v) is 2.65. The van der Waals surface area contributed by atoms with Crippen LogP contribution in [-0.2, 0) is 13.0 Å². The van der Waals surface area contributed by atoms with E-state index in [9.17, 15) is 0 Å². The molecule has 0 unspecified atom stereocenters. The zero-order valence-electron chi connectivity index (χ0n) is 17.5. The first-order chi connectivity index (χ1) is 13.7. The molecule has 0 aliphatic heterocycles. The normalized spacial score (nSPS) is 10.7. The molecular weight excluding hydrogens is 483 g/mol. The van der Waals surface area contributed by atoms with E-state index in [-0.39, 0.29) is 24.0 Å². The Bertz CT molecular complexity index is 771. The average molecular weight is 514 g/mol. The van der Waals surface area contributed by atoms with Crippen molar-refractivity contribution in [3.05, 3.63) is 47.7 Å². The number of aliphatic imine (C=N–C) groups is 1. The molecule has 0 aliphatic carbocycles. The fraction of sp³-hybridized carbons (Fsp3) is 0.429. The van der Waals surface area contributed by atoms with Gasteiger partial charge in [0.15, 0.2) is 17.5 Å². The molecular formula is C21H31IN4O3. The molecule has 2 rings (SSSR count). The van der Waals surface area contributed by atoms with Crippen molar-refractivity contribution in [3.63, 3.8) is 0 Å². The van der Waals surface area contributed by atoms with E-state index in [2.05, 4.69) is 20.6 Å². The minimum absolute atomic E-state index is 0. The molecule has 2 aromatic rings. The highest BCUT2D eigenvalue weighted by Crippen LogP contribution is 2.27. The number of aromatic nitrogens is 1. The second-order valence-corrected chi connectivity index (χ2v) is 6.00. The van der Waals surface area contributed by atoms with Crippen molar-refractivity contribution >= 4 is 29.9 Å². The van der Waals surface area contributed by atoms with Crippen molar-refractivity contribution in [3.8, 4) is 17.4 Å². The Labute approximate surface area is 190 Å². The van der Waals surface area contributed by atoms with Crippen LogP contribution in [-0.4, -0.2) is 44.9 Å². The zero-order valence-corrected chi connectivity index (χ0v) is 19.9. The largest absolute Gasteiger partial charge is 0.493 e. The quantitative estimate of drug-likeness (QED) is 0.288. The number of benzene rings is 1. The number of nitrogens with one attached hydrogen (secondary N) is 2. The molecule has 1 aromatic carbocycles. The van der Waals surface area contributed by atoms with E-state index in [0.29, 0.717) is 19.0 Å². The molecule has 1 aromatic heterocycles. The van der Waals surface area contributed by atoms with Crippen LogP contribution in [0, 0.1) is 0 Å². The van der Waals surface area contributed by atoms with Gasteiger partial charge in [-0.3, -0.25) is 0 Å². The lowest BCUT2D eigenvalue weighted by atomic mass is 10.1. The maximum atomic E-state index is 5.44. The van der Waals surface area contributed by atoms with E-state index >= 15 is 0 Å². The molecule has 0 amide bonds. The maximum absolute atomic E-state index is 5.44. The van der Waals surface area contributed by atoms with Gasteiger partial charge >= 0.3 is 0 Å². The van der Waals surface area contributed by atoms with Gasteiger partial charge in [0.1, 0.15) is 0 Å². The van der Waals surface area contributed by atoms with Crippen LogP contribution in [0.3, 0.4) is 0 Å². The number of pyridine rings is 1. The smallest absolute Gasteiger partial charge is 0.213 e. The molecule has 0 spiro atoms. The van der Waals surface area contributed by atoms with Crippen molar-refractivity contribution in [1.82, 2.24) is 15.6 Å². The lowest BCUT2D eigenvalue weighted by molar-refractivity contribution is 0.326. The van der Waals surface area contributed by atoms with Crippen molar-refractivity contribution in [2.24, 2.45) is 4.99 Å². The molecule has 0 saturated heterocycles. The third kappa shape index (κ3) is 8.35. The molecule has 0 radical (unpaired) electrons. The Hall–Kier alpha value is -2.23. The lowest BCUT2D eigenvalue weighted by Crippen LogP contribution is -2.38. The van der Waals surface area contributed by atoms with E-state index in [0.717, 1.165) is 48.1 Å². The zero-order chi connectivity index (χ0) is 20.2. The summed E-state index contributed by atoms with van der Waals surface area (Å²) < 4.78 is 16.1. The summed E-state index contributed by atoms with van der Waals surface area (Å²) in [5.74, 6) is 2.88. The van der Waals surface area contributed by atoms with Gasteiger partial charge in [-0.25, -0.2) is 9.98 Å². The van der Waals surface area contributed by atoms with Gasteiger partial charge in [0.2, 0.25) is 5.88 Å². The summed E-state index contributed by atoms with van der Waals surface area (Å²) in [6.45, 7) is 6.68. The number of rotatable bonds is 10. The third-order valence-corrected chi connectivity index (χ3v) is 4.01. The van der Waals surface area contributed by atoms with E-state index in [4.69, 9.17) is 14.2 Å². The van der Waals surface area contributed by atoms with Crippen molar-refractivity contribution in [2.75, 3.05) is 33.9 Å². The van der Waals surface area contributed by atoms with E-state index in [1.165, 1.54) is 0 Å². The van der Waals surface area contributed by atoms with Gasteiger partial charge in [-0.1, -0.05) is 6.07 Å². The Morgan fingerprint density at radius 3 is 2.48 bits per heavy atom. The summed E-state index contributed by atoms with van der Waals surface area (Å²) in [6.07, 6.45) is 2.59. The highest BCUT2D eigenvalue weighted by atomic mass is 127. The third-order valence-electron chi connectivity index (χ3n) is 4.01. The summed E-state index contributed by atoms with van der Waals surface area (Å²) in [4.78, 5) is 8.82. The fourth-order valence-electron chi connectivity index (χ4n) is 2.65. The predicted octanol–water partition coefficient (Wildman–Crippen LogP) is 3.41. The summed E-state index contributed by atoms with van der Waals surface area (Å²) in [5, 5.41) is 6.63. The molecule has 0 atom stereocenters. The van der Waals surface area contributed by atoms with Gasteiger partial charge in [0.05, 0.1) is 27.4 Å². The number of nitrogens with zero attached hydrogens (tertiary/aromatic N) is 2. The first kappa shape index (κ1) is 24.8. The van der Waals surface area contributed by atoms with Crippen LogP contribution in [0.25, 0.3) is 0 Å². The van der Waals surface area contributed by atoms with Crippen LogP contribution in [0.2, 0.25) is 0 Å². The van der Waals surface area contributed by atoms with E-state index in [1.807, 2.05) is 44.2 Å². The van der Waals surface area contributed by atoms with Crippen LogP contribution in [0.4, 0.5) is 0 Å². The summed E-state index contributed by atoms with van der Waals surface area (Å²) in [5.41, 5.74) is 2.21. The summed E-state index contributed by atoms with van der Waals surface area (Å²) in [7, 11) is 3.28. The monoisotopic (exact) mass is 514 g/mol. The Kier molecular flexibility index (Phi) is 11.9. The second-order valence-electron chi connectivity index (χ2n) is 6.00. The molecule has 8 heteroatoms. The van der Waals surface area contributed by atoms with Gasteiger partial charge in [-0.15, -0.1) is 24.0 Å². The van der Waals surface area contributed by atoms with Gasteiger partial charge in [0.25, 0.3) is 0 Å². The van der Waals surface area contributed by atoms with Crippen molar-refractivity contribution in [1.29, 1.82) is 0 Å². The van der Waals surface area contributed by atoms with Gasteiger partial charge in [-0.2, -0.15) is 0 Å². The van der Waals surface area contributed by atoms with Crippen molar-refractivity contribution < 1.29 is 14.2 Å². The standard InChI is InChI=1S/C21H30N4O3.HI/c1-5-22-21(25-15-17-10-11-23-20(14-17)28-6-2)24-12-9-16-7-8-18(26-3)19(13-16)27-4;/h7-8,10-11,13-14H,5-6,9,12,15H2,1-4H3,(H2,22,24,25);1H. The minimum atomic E-state index is 0. The molecule has 160 valence electrons. The Morgan fingerprint density at radius 1 is 1.00 bits per heavy atom. The number of guanidine groups is 1. The lowest BCUT2D eigenvalue weighted by Gasteiger charge is -2.13. The SMILES string of the molecule is CCNC(=NCc1ccnc(OCC)c1)NCCc1ccc(OC)c(OC)c1.I. The van der Waals surface area contributed by atoms with Crippen LogP contribution < -0.4 is 24.8 Å². The molecule has 0 aliphatic rings. The molecule has 29 heavy (non-hydrogen) atoms. The minimum Gasteiger partial charge on any atom is -0.493 e. The van der Waals surface area contributed by atoms with E-state index in [1.54, 1.807) is 20.4 Å². The highest BCUT2D eigenvalue weighted by molar-refractivity contribution is 14.0. The molecule has 1 heterocycles. The summed E-state index contributed by atoms with van der Waals surface area (Å²) in [6, 6.07) is 9.82. The van der Waals surface area contributed by atoms with Crippen LogP contribution >= 0.6 is 24.0 Å². The first-order valence-corrected chi connectivity index (χ1v) is 9.51. The number of halogens is 1. The maximum Gasteiger partial charge on any atom is 0.213 e. The number of methoxy groups -OCH3 is 2. The van der Waals surface area contributed by atoms with Gasteiger partial charge in [-0.05, 0) is 49.6 Å².